The summed E-state index contributed by atoms with van der Waals surface area (Å²) in [5.74, 6) is 1.62. The predicted octanol–water partition coefficient (Wildman–Crippen LogP) is 9.40. The normalized spacial score (nSPS) is 13.8. The smallest absolute Gasteiger partial charge is 0.410 e. The highest BCUT2D eigenvalue weighted by molar-refractivity contribution is 6.06. The molecule has 5 aromatic rings. The molecule has 0 fully saturated rings. The minimum absolute atomic E-state index is 0.0425. The number of likely N-dealkylation sites (N-methyl/N-ethyl adjacent to an activating group) is 1. The fourth-order valence-corrected chi connectivity index (χ4v) is 8.48. The van der Waals surface area contributed by atoms with E-state index in [0.717, 1.165) is 28.0 Å². The molecule has 5 aromatic carbocycles. The highest BCUT2D eigenvalue weighted by Crippen LogP contribution is 2.50. The monoisotopic (exact) mass is 932 g/mol. The number of nitrogens with zero attached hydrogens (tertiary/aromatic N) is 2. The van der Waals surface area contributed by atoms with Gasteiger partial charge in [-0.2, -0.15) is 0 Å². The van der Waals surface area contributed by atoms with Gasteiger partial charge in [0.05, 0.1) is 80.1 Å². The maximum atomic E-state index is 15.8. The lowest BCUT2D eigenvalue weighted by Gasteiger charge is -2.41. The Morgan fingerprint density at radius 2 is 1.26 bits per heavy atom. The van der Waals surface area contributed by atoms with Crippen LogP contribution in [-0.2, 0) is 51.9 Å². The Labute approximate surface area is 399 Å². The van der Waals surface area contributed by atoms with Gasteiger partial charge < -0.3 is 47.5 Å². The molecule has 0 N–H and O–H groups in total. The molecule has 0 radical (unpaired) electrons. The van der Waals surface area contributed by atoms with Crippen LogP contribution in [0.4, 0.5) is 4.79 Å². The molecule has 1 aliphatic heterocycles. The third-order valence-electron chi connectivity index (χ3n) is 11.8. The number of benzene rings is 5. The van der Waals surface area contributed by atoms with Gasteiger partial charge in [0.15, 0.2) is 28.8 Å². The van der Waals surface area contributed by atoms with Crippen molar-refractivity contribution in [1.29, 1.82) is 0 Å². The topological polar surface area (TPSA) is 141 Å². The van der Waals surface area contributed by atoms with Crippen molar-refractivity contribution in [2.75, 3.05) is 55.7 Å². The van der Waals surface area contributed by atoms with Gasteiger partial charge in [-0.3, -0.25) is 14.5 Å². The molecule has 0 unspecified atom stereocenters. The van der Waals surface area contributed by atoms with E-state index in [1.807, 2.05) is 97.9 Å². The number of hydrogen-bond donors (Lipinski definition) is 0. The minimum Gasteiger partial charge on any atom is -0.497 e. The van der Waals surface area contributed by atoms with Crippen LogP contribution in [0.1, 0.15) is 81.7 Å². The van der Waals surface area contributed by atoms with E-state index in [1.165, 1.54) is 38.2 Å². The summed E-state index contributed by atoms with van der Waals surface area (Å²) in [5.41, 5.74) is 5.02. The van der Waals surface area contributed by atoms with Crippen molar-refractivity contribution in [3.05, 3.63) is 141 Å². The molecule has 1 heterocycles. The molecule has 68 heavy (non-hydrogen) atoms. The molecule has 2 atom stereocenters. The summed E-state index contributed by atoms with van der Waals surface area (Å²) >= 11 is 0. The van der Waals surface area contributed by atoms with E-state index in [2.05, 4.69) is 0 Å². The first-order valence-electron chi connectivity index (χ1n) is 22.4. The van der Waals surface area contributed by atoms with Crippen LogP contribution in [0.3, 0.4) is 0 Å². The van der Waals surface area contributed by atoms with E-state index in [-0.39, 0.29) is 57.3 Å². The molecule has 362 valence electrons. The molecule has 0 saturated carbocycles. The summed E-state index contributed by atoms with van der Waals surface area (Å²) in [6.45, 7) is 9.23. The fourth-order valence-electron chi connectivity index (χ4n) is 8.48. The van der Waals surface area contributed by atoms with Crippen LogP contribution in [0.2, 0.25) is 0 Å². The quantitative estimate of drug-likeness (QED) is 0.0735. The van der Waals surface area contributed by atoms with E-state index in [0.29, 0.717) is 45.3 Å². The number of amides is 2. The third-order valence-corrected chi connectivity index (χ3v) is 11.8. The molecule has 14 nitrogen and oxygen atoms in total. The molecule has 0 spiro atoms. The molecule has 14 heteroatoms. The van der Waals surface area contributed by atoms with Crippen LogP contribution in [0.15, 0.2) is 91.0 Å². The summed E-state index contributed by atoms with van der Waals surface area (Å²) in [4.78, 5) is 47.4. The van der Waals surface area contributed by atoms with Gasteiger partial charge in [-0.25, -0.2) is 4.79 Å². The van der Waals surface area contributed by atoms with Crippen LogP contribution in [0.5, 0.6) is 34.5 Å². The lowest BCUT2D eigenvalue weighted by molar-refractivity contribution is -0.140. The molecular formula is C54H64N2O12. The lowest BCUT2D eigenvalue weighted by atomic mass is 9.86. The van der Waals surface area contributed by atoms with E-state index < -0.39 is 35.5 Å². The summed E-state index contributed by atoms with van der Waals surface area (Å²) < 4.78 is 54.5. The van der Waals surface area contributed by atoms with Crippen LogP contribution >= 0.6 is 0 Å². The van der Waals surface area contributed by atoms with Crippen molar-refractivity contribution >= 4 is 17.8 Å². The Morgan fingerprint density at radius 3 is 1.84 bits per heavy atom. The minimum atomic E-state index is -1.24. The number of carbonyl (C=O) groups is 3. The van der Waals surface area contributed by atoms with Crippen molar-refractivity contribution in [3.63, 3.8) is 0 Å². The summed E-state index contributed by atoms with van der Waals surface area (Å²) in [6.07, 6.45) is -0.786. The average Bonchev–Trinajstić information content (AvgIpc) is 3.33. The second-order valence-corrected chi connectivity index (χ2v) is 17.5. The molecule has 0 aromatic heterocycles. The molecule has 1 aliphatic rings. The number of ether oxygens (including phenoxy) is 9. The molecule has 0 saturated heterocycles. The molecule has 2 amide bonds. The highest BCUT2D eigenvalue weighted by Gasteiger charge is 2.45. The Hall–Kier alpha value is -6.77. The number of hydrogen-bond acceptors (Lipinski definition) is 12. The van der Waals surface area contributed by atoms with Crippen molar-refractivity contribution in [3.8, 4) is 34.5 Å². The van der Waals surface area contributed by atoms with Crippen molar-refractivity contribution < 1.29 is 57.0 Å². The first-order chi connectivity index (χ1) is 32.6. The number of fused-ring (bicyclic) bond motifs is 1. The number of ketones is 1. The molecule has 0 bridgehead atoms. The van der Waals surface area contributed by atoms with E-state index in [1.54, 1.807) is 41.9 Å². The van der Waals surface area contributed by atoms with Crippen molar-refractivity contribution in [1.82, 2.24) is 9.80 Å². The summed E-state index contributed by atoms with van der Waals surface area (Å²) in [6, 6.07) is 26.7. The van der Waals surface area contributed by atoms with Gasteiger partial charge in [0.2, 0.25) is 5.91 Å². The van der Waals surface area contributed by atoms with E-state index in [9.17, 15) is 9.59 Å². The van der Waals surface area contributed by atoms with Crippen LogP contribution < -0.4 is 28.4 Å². The average molecular weight is 933 g/mol. The molecule has 6 rings (SSSR count). The van der Waals surface area contributed by atoms with Gasteiger partial charge >= 0.3 is 6.09 Å². The van der Waals surface area contributed by atoms with Gasteiger partial charge in [-0.15, -0.1) is 0 Å². The second-order valence-electron chi connectivity index (χ2n) is 17.5. The third kappa shape index (κ3) is 11.7. The van der Waals surface area contributed by atoms with Crippen LogP contribution in [0, 0.1) is 13.8 Å². The number of methoxy groups -OCH3 is 5. The second kappa shape index (κ2) is 22.8. The van der Waals surface area contributed by atoms with Gasteiger partial charge in [0, 0.05) is 30.2 Å². The highest BCUT2D eigenvalue weighted by atomic mass is 16.6. The Bertz CT molecular complexity index is 2520. The van der Waals surface area contributed by atoms with Crippen LogP contribution in [0.25, 0.3) is 0 Å². The molecular weight excluding hydrogens is 869 g/mol. The zero-order chi connectivity index (χ0) is 49.1. The lowest BCUT2D eigenvalue weighted by Crippen LogP contribution is -2.55. The van der Waals surface area contributed by atoms with Gasteiger partial charge in [-0.1, -0.05) is 78.9 Å². The van der Waals surface area contributed by atoms with Gasteiger partial charge in [0.1, 0.15) is 29.7 Å². The largest absolute Gasteiger partial charge is 0.497 e. The van der Waals surface area contributed by atoms with Crippen molar-refractivity contribution in [2.24, 2.45) is 0 Å². The standard InChI is InChI=1S/C54H64N2O12/c1-34-26-39(41(32-65-30-38-22-24-40(60-7)25-23-38)50(47(34)61-8)67-31-37-20-16-13-17-21-37)27-42(55(6)53(59)68-54(3,4)5)52(58)56-28-44(57)46-45(43(56)33-66-29-36-18-14-12-15-19-36)51(64-11)49(63-10)35(2)48(46)62-9/h12-26,42-43H,27-33H2,1-11H3/t42-,43+/m1/s1. The fraction of sp³-hybridized carbons (Fsp3) is 0.389. The van der Waals surface area contributed by atoms with Gasteiger partial charge in [0.25, 0.3) is 0 Å². The van der Waals surface area contributed by atoms with E-state index >= 15 is 4.79 Å². The zero-order valence-electron chi connectivity index (χ0n) is 41.1. The zero-order valence-corrected chi connectivity index (χ0v) is 41.1. The van der Waals surface area contributed by atoms with Gasteiger partial charge in [-0.05, 0) is 74.6 Å². The summed E-state index contributed by atoms with van der Waals surface area (Å²) in [5, 5.41) is 0. The first kappa shape index (κ1) is 50.6. The Balaban J connectivity index is 1.49. The summed E-state index contributed by atoms with van der Waals surface area (Å²) in [7, 11) is 9.19. The molecule has 0 aliphatic carbocycles. The first-order valence-corrected chi connectivity index (χ1v) is 22.4. The maximum absolute atomic E-state index is 15.8. The van der Waals surface area contributed by atoms with E-state index in [4.69, 9.17) is 42.6 Å². The number of aryl methyl sites for hydroxylation is 1. The Morgan fingerprint density at radius 1 is 0.691 bits per heavy atom. The number of Topliss-reactive ketones (excluding diaryl/α,β-unsaturated/α-hetero) is 1. The number of rotatable bonds is 20. The Kier molecular flexibility index (Phi) is 17.0. The number of carbonyl (C=O) groups excluding carboxylic acids is 3. The maximum Gasteiger partial charge on any atom is 0.410 e. The predicted molar refractivity (Wildman–Crippen MR) is 257 cm³/mol. The van der Waals surface area contributed by atoms with Crippen molar-refractivity contribution in [2.45, 2.75) is 85.2 Å². The van der Waals surface area contributed by atoms with Crippen LogP contribution in [-0.4, -0.2) is 95.0 Å². The SMILES string of the molecule is COc1ccc(COCc2c(C[C@H](C(=O)N3CC(=O)c4c(OC)c(C)c(OC)c(OC)c4[C@@H]3COCc3ccccc3)N(C)C(=O)OC(C)(C)C)cc(C)c(OC)c2OCc2ccccc2)cc1.